The van der Waals surface area contributed by atoms with Crippen LogP contribution in [-0.4, -0.2) is 18.9 Å². The van der Waals surface area contributed by atoms with Crippen LogP contribution in [0.5, 0.6) is 0 Å². The molecule has 2 heteroatoms. The maximum absolute atomic E-state index is 7.21. The number of hydrogen-bond acceptors (Lipinski definition) is 1. The summed E-state index contributed by atoms with van der Waals surface area (Å²) in [6.45, 7) is 2.79. The maximum atomic E-state index is 7.21. The molecule has 0 aromatic carbocycles. The average Bonchev–Trinajstić information content (AvgIpc) is 0.918. The Kier molecular flexibility index (Phi) is 25.4. The number of nitrogens with zero attached hydrogens (tertiary/aromatic N) is 1. The second kappa shape index (κ2) is 11.4. The Bertz CT molecular complexity index is 27.5. The van der Waals surface area contributed by atoms with Crippen molar-refractivity contribution in [2.24, 2.45) is 0 Å². The number of rotatable bonds is 0. The van der Waals surface area contributed by atoms with Crippen molar-refractivity contribution >= 4 is 18.9 Å². The first-order valence-electron chi connectivity index (χ1n) is 0.577. The zero-order chi connectivity index (χ0) is 2.71. The summed E-state index contributed by atoms with van der Waals surface area (Å²) in [4.78, 5) is 0. The van der Waals surface area contributed by atoms with Gasteiger partial charge in [-0.25, -0.2) is 0 Å². The summed E-state index contributed by atoms with van der Waals surface area (Å²) >= 11 is 0. The molecule has 0 amide bonds. The number of nitriles is 1. The Morgan fingerprint density at radius 2 is 1.75 bits per heavy atom. The van der Waals surface area contributed by atoms with Crippen LogP contribution >= 0.6 is 0 Å². The predicted molar refractivity (Wildman–Crippen MR) is 18.1 cm³/mol. The van der Waals surface area contributed by atoms with Gasteiger partial charge in [0.25, 0.3) is 0 Å². The third-order valence-corrected chi connectivity index (χ3v) is 0. The monoisotopic (exact) mass is 48.0 g/mol. The molecule has 4 heavy (non-hydrogen) atoms. The Labute approximate surface area is 37.8 Å². The molecule has 0 spiro atoms. The normalized spacial score (nSPS) is 2.00. The van der Waals surface area contributed by atoms with E-state index in [0.29, 0.717) is 0 Å². The van der Waals surface area contributed by atoms with Gasteiger partial charge in [0.05, 0.1) is 6.07 Å². The summed E-state index contributed by atoms with van der Waals surface area (Å²) in [5.41, 5.74) is 0. The Hall–Kier alpha value is 0.0874. The molecule has 0 rings (SSSR count). The molecule has 0 fully saturated rings. The Morgan fingerprint density at radius 3 is 1.75 bits per heavy atom. The summed E-state index contributed by atoms with van der Waals surface area (Å²) in [7, 11) is 0. The van der Waals surface area contributed by atoms with Gasteiger partial charge in [0.15, 0.2) is 0 Å². The van der Waals surface area contributed by atoms with Crippen molar-refractivity contribution in [2.75, 3.05) is 0 Å². The van der Waals surface area contributed by atoms with E-state index >= 15 is 0 Å². The van der Waals surface area contributed by atoms with E-state index in [0.717, 1.165) is 0 Å². The van der Waals surface area contributed by atoms with Crippen molar-refractivity contribution < 1.29 is 0 Å². The molecule has 17 valence electrons. The van der Waals surface area contributed by atoms with Crippen LogP contribution in [-0.2, 0) is 0 Å². The zero-order valence-electron chi connectivity index (χ0n) is 1.65. The quantitative estimate of drug-likeness (QED) is 0.344. The molecule has 0 N–H and O–H groups in total. The zero-order valence-corrected chi connectivity index (χ0v) is 1.65. The van der Waals surface area contributed by atoms with E-state index < -0.39 is 0 Å². The predicted octanol–water partition coefficient (Wildman–Crippen LogP) is -0.304. The first kappa shape index (κ1) is 8.94. The Morgan fingerprint density at radius 1 is 1.75 bits per heavy atom. The average molecular weight is 48.0 g/mol. The van der Waals surface area contributed by atoms with E-state index in [-0.39, 0.29) is 18.9 Å². The third kappa shape index (κ3) is 323. The topological polar surface area (TPSA) is 23.8 Å². The fraction of sp³-hybridized carbons (Fsp3) is 0. The van der Waals surface area contributed by atoms with Crippen LogP contribution in [0.4, 0.5) is 0 Å². The van der Waals surface area contributed by atoms with Gasteiger partial charge in [-0.1, -0.05) is 0 Å². The minimum atomic E-state index is 0. The van der Waals surface area contributed by atoms with Gasteiger partial charge in [0.2, 0.25) is 0 Å². The van der Waals surface area contributed by atoms with Gasteiger partial charge in [-0.2, -0.15) is 5.26 Å². The van der Waals surface area contributed by atoms with Crippen LogP contribution in [0.3, 0.4) is 0 Å². The molecule has 0 saturated carbocycles. The molecule has 1 radical (unpaired) electrons. The molecule has 0 heterocycles. The van der Waals surface area contributed by atoms with Crippen LogP contribution < -0.4 is 0 Å². The van der Waals surface area contributed by atoms with Crippen LogP contribution in [0.25, 0.3) is 0 Å². The van der Waals surface area contributed by atoms with Crippen molar-refractivity contribution in [1.82, 2.24) is 0 Å². The van der Waals surface area contributed by atoms with Crippen molar-refractivity contribution in [2.45, 2.75) is 0 Å². The molecule has 0 atom stereocenters. The van der Waals surface area contributed by atoms with Gasteiger partial charge < -0.3 is 0 Å². The molecule has 0 saturated heterocycles. The van der Waals surface area contributed by atoms with Crippen LogP contribution in [0.2, 0.25) is 0 Å². The first-order valence-corrected chi connectivity index (χ1v) is 0.577. The van der Waals surface area contributed by atoms with Gasteiger partial charge in [0, 0.05) is 6.92 Å². The van der Waals surface area contributed by atoms with Gasteiger partial charge in [-0.3, -0.25) is 0 Å². The molecule has 0 aliphatic heterocycles. The van der Waals surface area contributed by atoms with Crippen LogP contribution in [0, 0.1) is 18.3 Å². The van der Waals surface area contributed by atoms with Crippen molar-refractivity contribution in [3.8, 4) is 6.07 Å². The third-order valence-electron chi connectivity index (χ3n) is 0. The molecule has 0 bridgehead atoms. The van der Waals surface area contributed by atoms with Gasteiger partial charge >= 0.3 is 18.9 Å². The fourth-order valence-electron chi connectivity index (χ4n) is 0. The molecule has 0 aromatic rings. The van der Waals surface area contributed by atoms with Gasteiger partial charge in [0.1, 0.15) is 0 Å². The summed E-state index contributed by atoms with van der Waals surface area (Å²) < 4.78 is 0. The van der Waals surface area contributed by atoms with E-state index in [9.17, 15) is 0 Å². The summed E-state index contributed by atoms with van der Waals surface area (Å²) in [5, 5.41) is 7.21. The molecule has 1 nitrogen and oxygen atoms in total. The molecular weight excluding hydrogens is 45.0 g/mol. The molecule has 0 aromatic heterocycles. The van der Waals surface area contributed by atoms with Crippen LogP contribution in [0.1, 0.15) is 0 Å². The summed E-state index contributed by atoms with van der Waals surface area (Å²) in [6, 6.07) is 1.50. The summed E-state index contributed by atoms with van der Waals surface area (Å²) in [5.74, 6) is 0. The molecule has 0 aliphatic carbocycles. The molecule has 0 unspecified atom stereocenters. The van der Waals surface area contributed by atoms with Crippen molar-refractivity contribution in [3.05, 3.63) is 6.92 Å². The van der Waals surface area contributed by atoms with E-state index in [2.05, 4.69) is 6.92 Å². The fourth-order valence-corrected chi connectivity index (χ4v) is 0. The second-order valence-electron chi connectivity index (χ2n) is 0.158. The summed E-state index contributed by atoms with van der Waals surface area (Å²) in [6.07, 6.45) is 0. The Balaban J connectivity index is 0. The molecule has 0 aliphatic rings. The van der Waals surface area contributed by atoms with Crippen molar-refractivity contribution in [1.29, 1.82) is 5.26 Å². The standard InChI is InChI=1S/C2H2N.Li.H/c1-2-3;;/h1H2;;. The van der Waals surface area contributed by atoms with Gasteiger partial charge in [-0.15, -0.1) is 0 Å². The minimum absolute atomic E-state index is 0. The van der Waals surface area contributed by atoms with E-state index in [1.165, 1.54) is 6.07 Å². The van der Waals surface area contributed by atoms with E-state index in [4.69, 9.17) is 5.26 Å². The molecular formula is C2H3LiN. The van der Waals surface area contributed by atoms with Gasteiger partial charge in [-0.05, 0) is 0 Å². The van der Waals surface area contributed by atoms with E-state index in [1.54, 1.807) is 0 Å². The SMILES string of the molecule is [CH2]C#N.[LiH]. The van der Waals surface area contributed by atoms with E-state index in [1.807, 2.05) is 0 Å². The first-order chi connectivity index (χ1) is 1.41. The second-order valence-corrected chi connectivity index (χ2v) is 0.158. The van der Waals surface area contributed by atoms with Crippen LogP contribution in [0.15, 0.2) is 0 Å². The number of hydrogen-bond donors (Lipinski definition) is 0. The van der Waals surface area contributed by atoms with Crippen molar-refractivity contribution in [3.63, 3.8) is 0 Å².